The number of ether oxygens (including phenoxy) is 1. The zero-order chi connectivity index (χ0) is 17.2. The van der Waals surface area contributed by atoms with Gasteiger partial charge in [-0.15, -0.1) is 0 Å². The summed E-state index contributed by atoms with van der Waals surface area (Å²) in [5.74, 6) is -2.30. The molecular formula is C12H18Cl4F4O. The minimum absolute atomic E-state index is 0.928. The van der Waals surface area contributed by atoms with E-state index < -0.39 is 45.6 Å². The third-order valence-electron chi connectivity index (χ3n) is 3.63. The van der Waals surface area contributed by atoms with Gasteiger partial charge in [0.2, 0.25) is 21.5 Å². The van der Waals surface area contributed by atoms with Gasteiger partial charge in [-0.25, -0.2) is 17.6 Å². The molecular weight excluding hydrogens is 378 g/mol. The maximum absolute atomic E-state index is 13.9. The smallest absolute Gasteiger partial charge is 0.233 e. The Kier molecular flexibility index (Phi) is 8.42. The van der Waals surface area contributed by atoms with Crippen LogP contribution in [0.15, 0.2) is 0 Å². The van der Waals surface area contributed by atoms with Crippen LogP contribution in [0.5, 0.6) is 0 Å². The second kappa shape index (κ2) is 8.09. The predicted molar refractivity (Wildman–Crippen MR) is 79.2 cm³/mol. The molecule has 0 aliphatic heterocycles. The molecule has 0 heterocycles. The van der Waals surface area contributed by atoms with Crippen molar-refractivity contribution in [2.45, 2.75) is 61.4 Å². The molecule has 21 heavy (non-hydrogen) atoms. The summed E-state index contributed by atoms with van der Waals surface area (Å²) < 4.78 is 59.0. The van der Waals surface area contributed by atoms with E-state index in [2.05, 4.69) is 0 Å². The monoisotopic (exact) mass is 394 g/mol. The summed E-state index contributed by atoms with van der Waals surface area (Å²) in [5.41, 5.74) is -4.89. The molecule has 0 saturated carbocycles. The molecule has 0 aromatic carbocycles. The van der Waals surface area contributed by atoms with Crippen molar-refractivity contribution in [3.05, 3.63) is 0 Å². The van der Waals surface area contributed by atoms with Gasteiger partial charge in [0, 0.05) is 11.8 Å². The van der Waals surface area contributed by atoms with E-state index >= 15 is 0 Å². The van der Waals surface area contributed by atoms with E-state index in [1.54, 1.807) is 0 Å². The lowest BCUT2D eigenvalue weighted by Crippen LogP contribution is -2.44. The fourth-order valence-electron chi connectivity index (χ4n) is 1.60. The molecule has 0 spiro atoms. The Hall–Kier alpha value is 0.840. The number of rotatable bonds is 8. The van der Waals surface area contributed by atoms with Crippen molar-refractivity contribution in [1.29, 1.82) is 0 Å². The standard InChI is InChI=1S/C12H18Cl4F4O/c1-5(11(15,19)9(13)17)7(3)21-8(4)6(2)12(16,20)10(14)18/h5-10H,1-4H3. The molecule has 9 heteroatoms. The third kappa shape index (κ3) is 5.45. The highest BCUT2D eigenvalue weighted by Crippen LogP contribution is 2.41. The van der Waals surface area contributed by atoms with Crippen molar-refractivity contribution in [2.75, 3.05) is 0 Å². The molecule has 0 aromatic rings. The molecule has 0 aromatic heterocycles. The van der Waals surface area contributed by atoms with Crippen LogP contribution in [0.1, 0.15) is 27.7 Å². The van der Waals surface area contributed by atoms with Gasteiger partial charge in [0.25, 0.3) is 0 Å². The van der Waals surface area contributed by atoms with Crippen LogP contribution in [0.2, 0.25) is 0 Å². The van der Waals surface area contributed by atoms with Gasteiger partial charge in [0.05, 0.1) is 12.2 Å². The number of halogens is 8. The zero-order valence-electron chi connectivity index (χ0n) is 11.9. The molecule has 0 fully saturated rings. The summed E-state index contributed by atoms with van der Waals surface area (Å²) in [6.07, 6.45) is -1.86. The third-order valence-corrected chi connectivity index (χ3v) is 5.56. The summed E-state index contributed by atoms with van der Waals surface area (Å²) in [5, 5.41) is -5.71. The summed E-state index contributed by atoms with van der Waals surface area (Å²) in [4.78, 5) is 0. The van der Waals surface area contributed by atoms with Crippen molar-refractivity contribution < 1.29 is 22.3 Å². The predicted octanol–water partition coefficient (Wildman–Crippen LogP) is 5.93. The van der Waals surface area contributed by atoms with Crippen LogP contribution in [0, 0.1) is 11.8 Å². The molecule has 0 aliphatic rings. The van der Waals surface area contributed by atoms with E-state index in [-0.39, 0.29) is 0 Å². The molecule has 8 unspecified atom stereocenters. The van der Waals surface area contributed by atoms with Crippen LogP contribution in [0.4, 0.5) is 17.6 Å². The highest BCUT2D eigenvalue weighted by molar-refractivity contribution is 6.31. The second-order valence-electron chi connectivity index (χ2n) is 5.07. The highest BCUT2D eigenvalue weighted by Gasteiger charge is 2.48. The first-order chi connectivity index (χ1) is 9.26. The van der Waals surface area contributed by atoms with Crippen LogP contribution < -0.4 is 0 Å². The van der Waals surface area contributed by atoms with Crippen LogP contribution in [-0.4, -0.2) is 33.7 Å². The average molecular weight is 396 g/mol. The van der Waals surface area contributed by atoms with E-state index in [0.717, 1.165) is 0 Å². The van der Waals surface area contributed by atoms with Gasteiger partial charge in [-0.05, 0) is 13.8 Å². The lowest BCUT2D eigenvalue weighted by molar-refractivity contribution is -0.0908. The Bertz CT molecular complexity index is 298. The normalized spacial score (nSPS) is 26.9. The Morgan fingerprint density at radius 1 is 0.762 bits per heavy atom. The van der Waals surface area contributed by atoms with Crippen molar-refractivity contribution >= 4 is 46.4 Å². The molecule has 8 atom stereocenters. The van der Waals surface area contributed by atoms with E-state index in [1.807, 2.05) is 0 Å². The molecule has 128 valence electrons. The van der Waals surface area contributed by atoms with Gasteiger partial charge in [0.15, 0.2) is 0 Å². The summed E-state index contributed by atoms with van der Waals surface area (Å²) in [7, 11) is 0. The molecule has 1 nitrogen and oxygen atoms in total. The summed E-state index contributed by atoms with van der Waals surface area (Å²) in [6.45, 7) is 5.39. The quantitative estimate of drug-likeness (QED) is 0.365. The van der Waals surface area contributed by atoms with Crippen molar-refractivity contribution in [1.82, 2.24) is 0 Å². The van der Waals surface area contributed by atoms with Gasteiger partial charge in [-0.2, -0.15) is 0 Å². The molecule has 0 aliphatic carbocycles. The number of hydrogen-bond donors (Lipinski definition) is 0. The zero-order valence-corrected chi connectivity index (χ0v) is 14.9. The fraction of sp³-hybridized carbons (Fsp3) is 1.00. The lowest BCUT2D eigenvalue weighted by Gasteiger charge is -2.35. The fourth-order valence-corrected chi connectivity index (χ4v) is 2.35. The molecule has 0 N–H and O–H groups in total. The highest BCUT2D eigenvalue weighted by atomic mass is 35.5. The van der Waals surface area contributed by atoms with Gasteiger partial charge in [0.1, 0.15) is 0 Å². The average Bonchev–Trinajstić information content (AvgIpc) is 2.35. The maximum atomic E-state index is 13.9. The Morgan fingerprint density at radius 2 is 1.00 bits per heavy atom. The molecule has 0 bridgehead atoms. The Balaban J connectivity index is 4.83. The van der Waals surface area contributed by atoms with Crippen LogP contribution in [0.3, 0.4) is 0 Å². The van der Waals surface area contributed by atoms with Crippen molar-refractivity contribution in [3.8, 4) is 0 Å². The SMILES string of the molecule is CC(OC(C)C(C)C(F)(Cl)C(F)Cl)C(C)C(F)(Cl)C(F)Cl. The van der Waals surface area contributed by atoms with E-state index in [9.17, 15) is 17.6 Å². The van der Waals surface area contributed by atoms with E-state index in [4.69, 9.17) is 51.1 Å². The maximum Gasteiger partial charge on any atom is 0.233 e. The van der Waals surface area contributed by atoms with Crippen molar-refractivity contribution in [3.63, 3.8) is 0 Å². The van der Waals surface area contributed by atoms with Gasteiger partial charge in [-0.3, -0.25) is 0 Å². The topological polar surface area (TPSA) is 9.23 Å². The lowest BCUT2D eigenvalue weighted by atomic mass is 9.97. The number of alkyl halides is 8. The summed E-state index contributed by atoms with van der Waals surface area (Å²) in [6, 6.07) is 0. The van der Waals surface area contributed by atoms with Crippen LogP contribution in [0.25, 0.3) is 0 Å². The van der Waals surface area contributed by atoms with E-state index in [1.165, 1.54) is 27.7 Å². The first kappa shape index (κ1) is 21.8. The summed E-state index contributed by atoms with van der Waals surface area (Å²) >= 11 is 20.9. The first-order valence-electron chi connectivity index (χ1n) is 6.23. The Morgan fingerprint density at radius 3 is 1.19 bits per heavy atom. The van der Waals surface area contributed by atoms with Gasteiger partial charge >= 0.3 is 0 Å². The number of hydrogen-bond acceptors (Lipinski definition) is 1. The van der Waals surface area contributed by atoms with Gasteiger partial charge in [-0.1, -0.05) is 60.3 Å². The van der Waals surface area contributed by atoms with Gasteiger partial charge < -0.3 is 4.74 Å². The molecule has 0 saturated heterocycles. The molecule has 0 radical (unpaired) electrons. The second-order valence-corrected chi connectivity index (χ2v) is 7.00. The largest absolute Gasteiger partial charge is 0.375 e. The van der Waals surface area contributed by atoms with Crippen molar-refractivity contribution in [2.24, 2.45) is 11.8 Å². The van der Waals surface area contributed by atoms with E-state index in [0.29, 0.717) is 0 Å². The van der Waals surface area contributed by atoms with Crippen LogP contribution >= 0.6 is 46.4 Å². The molecule has 0 rings (SSSR count). The molecule has 0 amide bonds. The minimum atomic E-state index is -2.85. The first-order valence-corrected chi connectivity index (χ1v) is 7.86. The van der Waals surface area contributed by atoms with Crippen LogP contribution in [-0.2, 0) is 4.74 Å². The minimum Gasteiger partial charge on any atom is -0.375 e. The Labute approximate surface area is 142 Å².